The molecular formula is C15H27N5O2. The maximum absolute atomic E-state index is 5.81. The van der Waals surface area contributed by atoms with E-state index in [9.17, 15) is 0 Å². The van der Waals surface area contributed by atoms with Crippen molar-refractivity contribution in [2.45, 2.75) is 38.5 Å². The Labute approximate surface area is 132 Å². The van der Waals surface area contributed by atoms with Gasteiger partial charge in [0.2, 0.25) is 5.89 Å². The maximum atomic E-state index is 5.81. The number of likely N-dealkylation sites (N-methyl/N-ethyl adjacent to an activating group) is 1. The standard InChI is InChI=1S/C15H27N5O2/c1-12-17-15(18-22-12)11-20-5-3-4-13(9-20)16-8-14-10-19(2)6-7-21-14/h13-14,16H,3-11H2,1-2H3. The lowest BCUT2D eigenvalue weighted by molar-refractivity contribution is -0.0204. The highest BCUT2D eigenvalue weighted by Gasteiger charge is 2.23. The van der Waals surface area contributed by atoms with E-state index in [4.69, 9.17) is 9.26 Å². The Kier molecular flexibility index (Phi) is 5.41. The lowest BCUT2D eigenvalue weighted by Crippen LogP contribution is -2.50. The molecule has 124 valence electrons. The zero-order valence-electron chi connectivity index (χ0n) is 13.6. The van der Waals surface area contributed by atoms with Gasteiger partial charge in [-0.2, -0.15) is 4.98 Å². The van der Waals surface area contributed by atoms with Crippen LogP contribution in [0.25, 0.3) is 0 Å². The van der Waals surface area contributed by atoms with Gasteiger partial charge in [0.15, 0.2) is 5.82 Å². The van der Waals surface area contributed by atoms with Crippen molar-refractivity contribution in [2.75, 3.05) is 46.4 Å². The molecule has 2 aliphatic rings. The number of morpholine rings is 1. The van der Waals surface area contributed by atoms with E-state index in [0.717, 1.165) is 51.7 Å². The van der Waals surface area contributed by atoms with Crippen molar-refractivity contribution in [1.82, 2.24) is 25.3 Å². The fraction of sp³-hybridized carbons (Fsp3) is 0.867. The van der Waals surface area contributed by atoms with Gasteiger partial charge in [0.25, 0.3) is 0 Å². The zero-order valence-corrected chi connectivity index (χ0v) is 13.6. The maximum Gasteiger partial charge on any atom is 0.223 e. The molecule has 0 aromatic carbocycles. The van der Waals surface area contributed by atoms with Crippen LogP contribution >= 0.6 is 0 Å². The molecule has 0 radical (unpaired) electrons. The summed E-state index contributed by atoms with van der Waals surface area (Å²) in [7, 11) is 2.16. The first kappa shape index (κ1) is 15.9. The minimum atomic E-state index is 0.314. The van der Waals surface area contributed by atoms with Crippen LogP contribution < -0.4 is 5.32 Å². The quantitative estimate of drug-likeness (QED) is 0.837. The largest absolute Gasteiger partial charge is 0.374 e. The van der Waals surface area contributed by atoms with Crippen molar-refractivity contribution >= 4 is 0 Å². The van der Waals surface area contributed by atoms with Gasteiger partial charge in [0.1, 0.15) is 0 Å². The van der Waals surface area contributed by atoms with Gasteiger partial charge >= 0.3 is 0 Å². The average molecular weight is 309 g/mol. The Morgan fingerprint density at radius 3 is 3.00 bits per heavy atom. The Bertz CT molecular complexity index is 467. The number of nitrogens with one attached hydrogen (secondary N) is 1. The highest BCUT2D eigenvalue weighted by molar-refractivity contribution is 4.87. The van der Waals surface area contributed by atoms with Gasteiger partial charge in [-0.1, -0.05) is 5.16 Å². The Hall–Kier alpha value is -1.02. The third-order valence-electron chi connectivity index (χ3n) is 4.42. The second-order valence-corrected chi connectivity index (χ2v) is 6.47. The molecule has 0 spiro atoms. The SMILES string of the molecule is Cc1nc(CN2CCCC(NCC3CN(C)CCO3)C2)no1. The van der Waals surface area contributed by atoms with E-state index < -0.39 is 0 Å². The molecule has 1 aromatic rings. The number of hydrogen-bond donors (Lipinski definition) is 1. The summed E-state index contributed by atoms with van der Waals surface area (Å²) in [6.45, 7) is 8.59. The summed E-state index contributed by atoms with van der Waals surface area (Å²) < 4.78 is 10.9. The zero-order chi connectivity index (χ0) is 15.4. The second-order valence-electron chi connectivity index (χ2n) is 6.47. The van der Waals surface area contributed by atoms with E-state index in [0.29, 0.717) is 18.0 Å². The van der Waals surface area contributed by atoms with Crippen LogP contribution in [0.5, 0.6) is 0 Å². The van der Waals surface area contributed by atoms with E-state index in [2.05, 4.69) is 32.3 Å². The molecule has 0 bridgehead atoms. The molecule has 22 heavy (non-hydrogen) atoms. The number of ether oxygens (including phenoxy) is 1. The van der Waals surface area contributed by atoms with E-state index in [1.54, 1.807) is 0 Å². The van der Waals surface area contributed by atoms with Crippen molar-refractivity contribution in [3.63, 3.8) is 0 Å². The minimum Gasteiger partial charge on any atom is -0.374 e. The smallest absolute Gasteiger partial charge is 0.223 e. The first-order valence-corrected chi connectivity index (χ1v) is 8.24. The number of piperidine rings is 1. The predicted octanol–water partition coefficient (Wildman–Crippen LogP) is 0.263. The summed E-state index contributed by atoms with van der Waals surface area (Å²) in [5.41, 5.74) is 0. The summed E-state index contributed by atoms with van der Waals surface area (Å²) >= 11 is 0. The van der Waals surface area contributed by atoms with Gasteiger partial charge in [-0.05, 0) is 26.4 Å². The van der Waals surface area contributed by atoms with Gasteiger partial charge in [0, 0.05) is 39.1 Å². The first-order valence-electron chi connectivity index (χ1n) is 8.24. The second kappa shape index (κ2) is 7.50. The van der Waals surface area contributed by atoms with Gasteiger partial charge in [-0.15, -0.1) is 0 Å². The number of aryl methyl sites for hydroxylation is 1. The molecule has 0 saturated carbocycles. The summed E-state index contributed by atoms with van der Waals surface area (Å²) in [6, 6.07) is 0.526. The lowest BCUT2D eigenvalue weighted by Gasteiger charge is -2.35. The molecule has 2 aliphatic heterocycles. The first-order chi connectivity index (χ1) is 10.7. The predicted molar refractivity (Wildman–Crippen MR) is 82.6 cm³/mol. The molecule has 2 unspecified atom stereocenters. The van der Waals surface area contributed by atoms with Crippen LogP contribution in [0.1, 0.15) is 24.6 Å². The van der Waals surface area contributed by atoms with Crippen molar-refractivity contribution in [3.8, 4) is 0 Å². The molecular weight excluding hydrogens is 282 g/mol. The number of rotatable bonds is 5. The Balaban J connectivity index is 1.42. The normalized spacial score (nSPS) is 28.1. The van der Waals surface area contributed by atoms with Crippen molar-refractivity contribution < 1.29 is 9.26 Å². The number of nitrogens with zero attached hydrogens (tertiary/aromatic N) is 4. The molecule has 3 heterocycles. The van der Waals surface area contributed by atoms with E-state index >= 15 is 0 Å². The van der Waals surface area contributed by atoms with Crippen molar-refractivity contribution in [1.29, 1.82) is 0 Å². The van der Waals surface area contributed by atoms with Gasteiger partial charge in [-0.3, -0.25) is 4.90 Å². The fourth-order valence-corrected chi connectivity index (χ4v) is 3.26. The third-order valence-corrected chi connectivity index (χ3v) is 4.42. The summed E-state index contributed by atoms with van der Waals surface area (Å²) in [6.07, 6.45) is 2.75. The molecule has 7 heteroatoms. The highest BCUT2D eigenvalue weighted by Crippen LogP contribution is 2.13. The van der Waals surface area contributed by atoms with Gasteiger partial charge in [-0.25, -0.2) is 0 Å². The van der Waals surface area contributed by atoms with Crippen LogP contribution in [0.3, 0.4) is 0 Å². The van der Waals surface area contributed by atoms with E-state index in [-0.39, 0.29) is 0 Å². The molecule has 2 fully saturated rings. The Morgan fingerprint density at radius 2 is 2.23 bits per heavy atom. The monoisotopic (exact) mass is 309 g/mol. The van der Waals surface area contributed by atoms with Crippen molar-refractivity contribution in [2.24, 2.45) is 0 Å². The molecule has 0 amide bonds. The van der Waals surface area contributed by atoms with Gasteiger partial charge < -0.3 is 19.5 Å². The fourth-order valence-electron chi connectivity index (χ4n) is 3.26. The van der Waals surface area contributed by atoms with Crippen LogP contribution in [0.2, 0.25) is 0 Å². The molecule has 3 rings (SSSR count). The lowest BCUT2D eigenvalue weighted by atomic mass is 10.1. The molecule has 1 aromatic heterocycles. The molecule has 7 nitrogen and oxygen atoms in total. The van der Waals surface area contributed by atoms with E-state index in [1.165, 1.54) is 12.8 Å². The number of hydrogen-bond acceptors (Lipinski definition) is 7. The molecule has 2 atom stereocenters. The molecule has 2 saturated heterocycles. The van der Waals surface area contributed by atoms with E-state index in [1.807, 2.05) is 6.92 Å². The summed E-state index contributed by atoms with van der Waals surface area (Å²) in [5, 5.41) is 7.66. The molecule has 0 aliphatic carbocycles. The van der Waals surface area contributed by atoms with Gasteiger partial charge in [0.05, 0.1) is 19.3 Å². The number of likely N-dealkylation sites (tertiary alicyclic amines) is 1. The van der Waals surface area contributed by atoms with Crippen LogP contribution in [-0.4, -0.2) is 78.5 Å². The van der Waals surface area contributed by atoms with Crippen LogP contribution in [-0.2, 0) is 11.3 Å². The highest BCUT2D eigenvalue weighted by atomic mass is 16.5. The topological polar surface area (TPSA) is 66.7 Å². The van der Waals surface area contributed by atoms with Crippen molar-refractivity contribution in [3.05, 3.63) is 11.7 Å². The summed E-state index contributed by atoms with van der Waals surface area (Å²) in [4.78, 5) is 9.03. The Morgan fingerprint density at radius 1 is 1.32 bits per heavy atom. The number of aromatic nitrogens is 2. The van der Waals surface area contributed by atoms with Crippen LogP contribution in [0.4, 0.5) is 0 Å². The average Bonchev–Trinajstić information content (AvgIpc) is 2.91. The summed E-state index contributed by atoms with van der Waals surface area (Å²) in [5.74, 6) is 1.43. The third kappa shape index (κ3) is 4.49. The minimum absolute atomic E-state index is 0.314. The molecule has 1 N–H and O–H groups in total. The van der Waals surface area contributed by atoms with Crippen LogP contribution in [0, 0.1) is 6.92 Å². The van der Waals surface area contributed by atoms with Crippen LogP contribution in [0.15, 0.2) is 4.52 Å².